The number of sulfonamides is 1. The van der Waals surface area contributed by atoms with Gasteiger partial charge in [0.15, 0.2) is 0 Å². The van der Waals surface area contributed by atoms with E-state index < -0.39 is 10.0 Å². The Bertz CT molecular complexity index is 741. The maximum Gasteiger partial charge on any atom is 0.240 e. The van der Waals surface area contributed by atoms with E-state index in [2.05, 4.69) is 4.72 Å². The highest BCUT2D eigenvalue weighted by molar-refractivity contribution is 7.89. The molecule has 0 spiro atoms. The van der Waals surface area contributed by atoms with Crippen molar-refractivity contribution in [3.8, 4) is 0 Å². The molecule has 0 saturated heterocycles. The van der Waals surface area contributed by atoms with Crippen LogP contribution in [0.25, 0.3) is 0 Å². The molecule has 2 aromatic rings. The first-order chi connectivity index (χ1) is 9.78. The Labute approximate surface area is 134 Å². The summed E-state index contributed by atoms with van der Waals surface area (Å²) in [7, 11) is -3.60. The average molecular weight is 345 g/mol. The predicted octanol–water partition coefficient (Wildman–Crippen LogP) is 3.20. The van der Waals surface area contributed by atoms with Crippen molar-refractivity contribution in [2.75, 3.05) is 5.73 Å². The van der Waals surface area contributed by atoms with E-state index in [-0.39, 0.29) is 16.0 Å². The molecule has 0 bridgehead atoms. The van der Waals surface area contributed by atoms with Gasteiger partial charge in [0.1, 0.15) is 0 Å². The van der Waals surface area contributed by atoms with Crippen molar-refractivity contribution in [1.29, 1.82) is 0 Å². The minimum Gasteiger partial charge on any atom is -0.398 e. The Balaban J connectivity index is 2.11. The van der Waals surface area contributed by atoms with Crippen LogP contribution in [0.4, 0.5) is 5.69 Å². The van der Waals surface area contributed by atoms with E-state index in [4.69, 9.17) is 17.3 Å². The topological polar surface area (TPSA) is 72.2 Å². The van der Waals surface area contributed by atoms with Crippen LogP contribution in [0.2, 0.25) is 5.02 Å². The summed E-state index contributed by atoms with van der Waals surface area (Å²) in [5.41, 5.74) is 5.95. The molecule has 0 aliphatic rings. The number of nitrogen functional groups attached to an aromatic ring is 1. The molecule has 1 heterocycles. The fourth-order valence-electron chi connectivity index (χ4n) is 1.95. The molecule has 0 fully saturated rings. The van der Waals surface area contributed by atoms with Gasteiger partial charge >= 0.3 is 0 Å². The molecule has 1 aromatic carbocycles. The summed E-state index contributed by atoms with van der Waals surface area (Å²) in [6, 6.07) is 8.15. The summed E-state index contributed by atoms with van der Waals surface area (Å²) in [5.74, 6) is 0. The van der Waals surface area contributed by atoms with Crippen molar-refractivity contribution in [3.63, 3.8) is 0 Å². The van der Waals surface area contributed by atoms with E-state index >= 15 is 0 Å². The van der Waals surface area contributed by atoms with E-state index in [1.54, 1.807) is 11.3 Å². The van der Waals surface area contributed by atoms with Crippen molar-refractivity contribution in [2.45, 2.75) is 31.2 Å². The Morgan fingerprint density at radius 2 is 2.05 bits per heavy atom. The van der Waals surface area contributed by atoms with E-state index in [0.717, 1.165) is 4.88 Å². The van der Waals surface area contributed by atoms with Crippen LogP contribution in [0.1, 0.15) is 16.7 Å². The van der Waals surface area contributed by atoms with Gasteiger partial charge in [0.25, 0.3) is 0 Å². The standard InChI is InChI=1S/C14H17ClN2O2S2/c1-9(7-11-4-3-10(2)20-11)17-21(18,19)12-5-6-14(16)13(15)8-12/h3-6,8-9,17H,7,16H2,1-2H3. The molecular weight excluding hydrogens is 328 g/mol. The van der Waals surface area contributed by atoms with E-state index in [1.165, 1.54) is 23.1 Å². The number of thiophene rings is 1. The van der Waals surface area contributed by atoms with Crippen molar-refractivity contribution >= 4 is 38.6 Å². The second-order valence-corrected chi connectivity index (χ2v) is 8.42. The zero-order valence-electron chi connectivity index (χ0n) is 11.8. The van der Waals surface area contributed by atoms with E-state index in [9.17, 15) is 8.42 Å². The quantitative estimate of drug-likeness (QED) is 0.818. The minimum atomic E-state index is -3.60. The molecule has 0 aliphatic heterocycles. The van der Waals surface area contributed by atoms with Gasteiger partial charge in [-0.3, -0.25) is 0 Å². The van der Waals surface area contributed by atoms with E-state index in [0.29, 0.717) is 12.1 Å². The second kappa shape index (κ2) is 6.36. The number of hydrogen-bond donors (Lipinski definition) is 2. The van der Waals surface area contributed by atoms with Gasteiger partial charge in [-0.15, -0.1) is 11.3 Å². The van der Waals surface area contributed by atoms with Crippen molar-refractivity contribution < 1.29 is 8.42 Å². The van der Waals surface area contributed by atoms with Crippen LogP contribution in [0, 0.1) is 6.92 Å². The smallest absolute Gasteiger partial charge is 0.240 e. The van der Waals surface area contributed by atoms with Gasteiger partial charge < -0.3 is 5.73 Å². The summed E-state index contributed by atoms with van der Waals surface area (Å²) < 4.78 is 27.2. The molecule has 1 atom stereocenters. The van der Waals surface area contributed by atoms with Crippen LogP contribution in [-0.2, 0) is 16.4 Å². The third-order valence-electron chi connectivity index (χ3n) is 2.94. The van der Waals surface area contributed by atoms with Crippen LogP contribution in [0.15, 0.2) is 35.2 Å². The Morgan fingerprint density at radius 1 is 1.33 bits per heavy atom. The molecule has 0 radical (unpaired) electrons. The number of halogens is 1. The molecule has 114 valence electrons. The van der Waals surface area contributed by atoms with Crippen LogP contribution >= 0.6 is 22.9 Å². The maximum absolute atomic E-state index is 12.3. The number of hydrogen-bond acceptors (Lipinski definition) is 4. The van der Waals surface area contributed by atoms with Crippen LogP contribution in [-0.4, -0.2) is 14.5 Å². The zero-order valence-corrected chi connectivity index (χ0v) is 14.1. The predicted molar refractivity (Wildman–Crippen MR) is 88.4 cm³/mol. The van der Waals surface area contributed by atoms with Gasteiger partial charge in [0, 0.05) is 15.8 Å². The number of aryl methyl sites for hydroxylation is 1. The molecule has 7 heteroatoms. The minimum absolute atomic E-state index is 0.121. The normalized spacial score (nSPS) is 13.3. The lowest BCUT2D eigenvalue weighted by Gasteiger charge is -2.14. The first kappa shape index (κ1) is 16.3. The number of nitrogens with one attached hydrogen (secondary N) is 1. The highest BCUT2D eigenvalue weighted by Crippen LogP contribution is 2.23. The van der Waals surface area contributed by atoms with Gasteiger partial charge in [0.05, 0.1) is 15.6 Å². The molecule has 0 amide bonds. The number of rotatable bonds is 5. The van der Waals surface area contributed by atoms with Crippen LogP contribution in [0.3, 0.4) is 0 Å². The summed E-state index contributed by atoms with van der Waals surface area (Å²) in [6.07, 6.45) is 0.653. The lowest BCUT2D eigenvalue weighted by Crippen LogP contribution is -2.33. The molecular formula is C14H17ClN2O2S2. The van der Waals surface area contributed by atoms with Gasteiger partial charge in [-0.1, -0.05) is 11.6 Å². The molecule has 1 unspecified atom stereocenters. The van der Waals surface area contributed by atoms with Crippen LogP contribution in [0.5, 0.6) is 0 Å². The summed E-state index contributed by atoms with van der Waals surface area (Å²) >= 11 is 7.54. The molecule has 0 saturated carbocycles. The molecule has 2 rings (SSSR count). The summed E-state index contributed by atoms with van der Waals surface area (Å²) in [5, 5.41) is 0.236. The average Bonchev–Trinajstić information content (AvgIpc) is 2.77. The Kier molecular flexibility index (Phi) is 4.93. The lowest BCUT2D eigenvalue weighted by atomic mass is 10.2. The molecule has 4 nitrogen and oxygen atoms in total. The first-order valence-corrected chi connectivity index (χ1v) is 9.08. The number of nitrogens with two attached hydrogens (primary N) is 1. The van der Waals surface area contributed by atoms with Crippen molar-refractivity contribution in [3.05, 3.63) is 45.1 Å². The fraction of sp³-hybridized carbons (Fsp3) is 0.286. The second-order valence-electron chi connectivity index (χ2n) is 4.92. The van der Waals surface area contributed by atoms with Gasteiger partial charge in [-0.05, 0) is 50.6 Å². The van der Waals surface area contributed by atoms with Crippen molar-refractivity contribution in [2.24, 2.45) is 0 Å². The third-order valence-corrected chi connectivity index (χ3v) is 5.88. The molecule has 0 aliphatic carbocycles. The largest absolute Gasteiger partial charge is 0.398 e. The zero-order chi connectivity index (χ0) is 15.6. The van der Waals surface area contributed by atoms with Gasteiger partial charge in [0.2, 0.25) is 10.0 Å². The molecule has 1 aromatic heterocycles. The highest BCUT2D eigenvalue weighted by atomic mass is 35.5. The Hall–Kier alpha value is -1.08. The Morgan fingerprint density at radius 3 is 2.62 bits per heavy atom. The SMILES string of the molecule is Cc1ccc(CC(C)NS(=O)(=O)c2ccc(N)c(Cl)c2)s1. The summed E-state index contributed by atoms with van der Waals surface area (Å²) in [4.78, 5) is 2.49. The van der Waals surface area contributed by atoms with Gasteiger partial charge in [-0.25, -0.2) is 13.1 Å². The summed E-state index contributed by atoms with van der Waals surface area (Å²) in [6.45, 7) is 3.87. The maximum atomic E-state index is 12.3. The first-order valence-electron chi connectivity index (χ1n) is 6.40. The number of anilines is 1. The van der Waals surface area contributed by atoms with Crippen molar-refractivity contribution in [1.82, 2.24) is 4.72 Å². The van der Waals surface area contributed by atoms with Gasteiger partial charge in [-0.2, -0.15) is 0 Å². The number of benzene rings is 1. The monoisotopic (exact) mass is 344 g/mol. The highest BCUT2D eigenvalue weighted by Gasteiger charge is 2.18. The molecule has 3 N–H and O–H groups in total. The van der Waals surface area contributed by atoms with E-state index in [1.807, 2.05) is 26.0 Å². The lowest BCUT2D eigenvalue weighted by molar-refractivity contribution is 0.561. The molecule has 21 heavy (non-hydrogen) atoms. The van der Waals surface area contributed by atoms with Crippen LogP contribution < -0.4 is 10.5 Å². The fourth-order valence-corrected chi connectivity index (χ4v) is 4.48. The third kappa shape index (κ3) is 4.20.